The number of aryl methyl sites for hydroxylation is 1. The Morgan fingerprint density at radius 3 is 3.09 bits per heavy atom. The van der Waals surface area contributed by atoms with E-state index in [1.807, 2.05) is 0 Å². The third-order valence-corrected chi connectivity index (χ3v) is 5.71. The highest BCUT2D eigenvalue weighted by Crippen LogP contribution is 2.41. The number of nitrogens with zero attached hydrogens (tertiary/aromatic N) is 1. The van der Waals surface area contributed by atoms with Crippen LogP contribution >= 0.6 is 11.3 Å². The van der Waals surface area contributed by atoms with Crippen LogP contribution < -0.4 is 10.1 Å². The Bertz CT molecular complexity index is 787. The Kier molecular flexibility index (Phi) is 3.49. The minimum absolute atomic E-state index is 0.0319. The van der Waals surface area contributed by atoms with Crippen LogP contribution in [0.25, 0.3) is 0 Å². The van der Waals surface area contributed by atoms with Crippen LogP contribution in [0.3, 0.4) is 0 Å². The van der Waals surface area contributed by atoms with Crippen LogP contribution in [0.4, 0.5) is 9.39 Å². The fourth-order valence-electron chi connectivity index (χ4n) is 3.36. The summed E-state index contributed by atoms with van der Waals surface area (Å²) in [5.74, 6) is 0.306. The van der Waals surface area contributed by atoms with Crippen LogP contribution in [0.2, 0.25) is 0 Å². The lowest BCUT2D eigenvalue weighted by atomic mass is 10.1. The zero-order chi connectivity index (χ0) is 16.0. The number of fused-ring (bicyclic) bond motifs is 3. The number of hydrogen-bond acceptors (Lipinski definition) is 4. The van der Waals surface area contributed by atoms with Gasteiger partial charge >= 0.3 is 0 Å². The van der Waals surface area contributed by atoms with Crippen LogP contribution in [-0.2, 0) is 19.4 Å². The lowest BCUT2D eigenvalue weighted by molar-refractivity contribution is 0.0745. The minimum Gasteiger partial charge on any atom is -0.496 e. The van der Waals surface area contributed by atoms with Gasteiger partial charge in [0.15, 0.2) is 0 Å². The quantitative estimate of drug-likeness (QED) is 0.936. The molecule has 2 heterocycles. The zero-order valence-electron chi connectivity index (χ0n) is 12.8. The molecule has 1 aliphatic carbocycles. The molecule has 0 fully saturated rings. The molecule has 0 bridgehead atoms. The molecule has 23 heavy (non-hydrogen) atoms. The van der Waals surface area contributed by atoms with Crippen molar-refractivity contribution in [3.8, 4) is 5.75 Å². The summed E-state index contributed by atoms with van der Waals surface area (Å²) in [6.07, 6.45) is 3.17. The molecule has 0 atom stereocenters. The van der Waals surface area contributed by atoms with Gasteiger partial charge in [0, 0.05) is 10.4 Å². The molecule has 0 spiro atoms. The van der Waals surface area contributed by atoms with Gasteiger partial charge in [-0.3, -0.25) is 4.79 Å². The molecule has 1 aromatic heterocycles. The molecule has 2 aromatic rings. The Labute approximate surface area is 137 Å². The maximum absolute atomic E-state index is 13.5. The summed E-state index contributed by atoms with van der Waals surface area (Å²) in [7, 11) is 1.55. The molecule has 2 aliphatic rings. The van der Waals surface area contributed by atoms with Gasteiger partial charge in [-0.1, -0.05) is 0 Å². The first-order valence-corrected chi connectivity index (χ1v) is 8.49. The number of benzene rings is 1. The third-order valence-electron chi connectivity index (χ3n) is 4.46. The summed E-state index contributed by atoms with van der Waals surface area (Å²) < 4.78 is 18.8. The van der Waals surface area contributed by atoms with Crippen molar-refractivity contribution in [2.24, 2.45) is 0 Å². The fourth-order valence-corrected chi connectivity index (χ4v) is 4.63. The second kappa shape index (κ2) is 5.53. The number of anilines is 1. The zero-order valence-corrected chi connectivity index (χ0v) is 13.6. The standard InChI is InChI=1S/C17H17FN2O2S/c1-22-13-6-5-11(18)7-10(13)8-20-9-19-16-15(17(20)21)12-3-2-4-14(12)23-16/h5-7,19H,2-4,8-9H2,1H3. The van der Waals surface area contributed by atoms with E-state index in [2.05, 4.69) is 5.32 Å². The highest BCUT2D eigenvalue weighted by atomic mass is 32.1. The topological polar surface area (TPSA) is 41.6 Å². The second-order valence-corrected chi connectivity index (χ2v) is 6.96. The van der Waals surface area contributed by atoms with E-state index in [0.717, 1.165) is 29.8 Å². The molecular formula is C17H17FN2O2S. The molecule has 1 aromatic carbocycles. The van der Waals surface area contributed by atoms with Gasteiger partial charge in [-0.25, -0.2) is 4.39 Å². The third kappa shape index (κ3) is 2.37. The first kappa shape index (κ1) is 14.5. The Morgan fingerprint density at radius 2 is 2.26 bits per heavy atom. The van der Waals surface area contributed by atoms with E-state index in [4.69, 9.17) is 4.74 Å². The van der Waals surface area contributed by atoms with Crippen LogP contribution in [-0.4, -0.2) is 24.6 Å². The number of halogens is 1. The van der Waals surface area contributed by atoms with Crippen LogP contribution in [0, 0.1) is 5.82 Å². The SMILES string of the molecule is COc1ccc(F)cc1CN1CNc2sc3c(c2C1=O)CCC3. The Hall–Kier alpha value is -2.08. The summed E-state index contributed by atoms with van der Waals surface area (Å²) in [5.41, 5.74) is 2.71. The van der Waals surface area contributed by atoms with Gasteiger partial charge in [0.25, 0.3) is 5.91 Å². The number of thiophene rings is 1. The van der Waals surface area contributed by atoms with Gasteiger partial charge in [-0.05, 0) is 43.0 Å². The van der Waals surface area contributed by atoms with Crippen molar-refractivity contribution in [3.05, 3.63) is 45.6 Å². The molecular weight excluding hydrogens is 315 g/mol. The lowest BCUT2D eigenvalue weighted by Gasteiger charge is -2.29. The number of amides is 1. The molecule has 6 heteroatoms. The molecule has 1 aliphatic heterocycles. The van der Waals surface area contributed by atoms with Gasteiger partial charge < -0.3 is 15.0 Å². The van der Waals surface area contributed by atoms with Crippen molar-refractivity contribution in [3.63, 3.8) is 0 Å². The Balaban J connectivity index is 1.64. The van der Waals surface area contributed by atoms with Crippen molar-refractivity contribution >= 4 is 22.2 Å². The molecule has 0 saturated carbocycles. The highest BCUT2D eigenvalue weighted by molar-refractivity contribution is 7.16. The monoisotopic (exact) mass is 332 g/mol. The van der Waals surface area contributed by atoms with Crippen molar-refractivity contribution in [2.45, 2.75) is 25.8 Å². The summed E-state index contributed by atoms with van der Waals surface area (Å²) >= 11 is 1.70. The maximum Gasteiger partial charge on any atom is 0.258 e. The summed E-state index contributed by atoms with van der Waals surface area (Å²) in [6, 6.07) is 4.39. The molecule has 0 radical (unpaired) electrons. The van der Waals surface area contributed by atoms with Gasteiger partial charge in [0.1, 0.15) is 16.6 Å². The summed E-state index contributed by atoms with van der Waals surface area (Å²) in [5, 5.41) is 4.32. The first-order valence-electron chi connectivity index (χ1n) is 7.67. The van der Waals surface area contributed by atoms with E-state index in [0.29, 0.717) is 24.5 Å². The average Bonchev–Trinajstić information content (AvgIpc) is 3.11. The molecule has 0 unspecified atom stereocenters. The van der Waals surface area contributed by atoms with Crippen LogP contribution in [0.1, 0.15) is 32.8 Å². The molecule has 0 saturated heterocycles. The number of hydrogen-bond donors (Lipinski definition) is 1. The predicted octanol–water partition coefficient (Wildman–Crippen LogP) is 3.41. The van der Waals surface area contributed by atoms with E-state index in [1.165, 1.54) is 22.6 Å². The van der Waals surface area contributed by atoms with E-state index < -0.39 is 0 Å². The number of nitrogens with one attached hydrogen (secondary N) is 1. The van der Waals surface area contributed by atoms with Gasteiger partial charge in [-0.15, -0.1) is 11.3 Å². The van der Waals surface area contributed by atoms with E-state index in [9.17, 15) is 9.18 Å². The van der Waals surface area contributed by atoms with Gasteiger partial charge in [0.05, 0.1) is 25.9 Å². The minimum atomic E-state index is -0.324. The lowest BCUT2D eigenvalue weighted by Crippen LogP contribution is -2.39. The number of carbonyl (C=O) groups is 1. The average molecular weight is 332 g/mol. The second-order valence-electron chi connectivity index (χ2n) is 5.86. The van der Waals surface area contributed by atoms with Crippen LogP contribution in [0.15, 0.2) is 18.2 Å². The van der Waals surface area contributed by atoms with E-state index >= 15 is 0 Å². The number of carbonyl (C=O) groups excluding carboxylic acids is 1. The fraction of sp³-hybridized carbons (Fsp3) is 0.353. The molecule has 120 valence electrons. The van der Waals surface area contributed by atoms with Crippen molar-refractivity contribution in [2.75, 3.05) is 19.1 Å². The van der Waals surface area contributed by atoms with Crippen molar-refractivity contribution in [1.82, 2.24) is 4.90 Å². The summed E-state index contributed by atoms with van der Waals surface area (Å²) in [6.45, 7) is 0.766. The molecule has 4 rings (SSSR count). The van der Waals surface area contributed by atoms with Crippen molar-refractivity contribution in [1.29, 1.82) is 0 Å². The predicted molar refractivity (Wildman–Crippen MR) is 87.7 cm³/mol. The van der Waals surface area contributed by atoms with E-state index in [1.54, 1.807) is 29.4 Å². The first-order chi connectivity index (χ1) is 11.2. The normalized spacial score (nSPS) is 16.1. The van der Waals surface area contributed by atoms with Crippen LogP contribution in [0.5, 0.6) is 5.75 Å². The summed E-state index contributed by atoms with van der Waals surface area (Å²) in [4.78, 5) is 15.9. The number of ether oxygens (including phenoxy) is 1. The van der Waals surface area contributed by atoms with Gasteiger partial charge in [0.2, 0.25) is 0 Å². The molecule has 1 amide bonds. The Morgan fingerprint density at radius 1 is 1.39 bits per heavy atom. The number of rotatable bonds is 3. The largest absolute Gasteiger partial charge is 0.496 e. The maximum atomic E-state index is 13.5. The number of methoxy groups -OCH3 is 1. The molecule has 1 N–H and O–H groups in total. The molecule has 4 nitrogen and oxygen atoms in total. The van der Waals surface area contributed by atoms with Gasteiger partial charge in [-0.2, -0.15) is 0 Å². The van der Waals surface area contributed by atoms with E-state index in [-0.39, 0.29) is 11.7 Å². The van der Waals surface area contributed by atoms with Crippen molar-refractivity contribution < 1.29 is 13.9 Å². The highest BCUT2D eigenvalue weighted by Gasteiger charge is 2.32. The smallest absolute Gasteiger partial charge is 0.258 e.